The Hall–Kier alpha value is -0.801. The van der Waals surface area contributed by atoms with Crippen LogP contribution in [0, 0.1) is 35.0 Å². The molecule has 8 saturated heterocycles. The van der Waals surface area contributed by atoms with E-state index in [1.54, 1.807) is 13.8 Å². The van der Waals surface area contributed by atoms with Crippen LogP contribution >= 0.6 is 0 Å². The van der Waals surface area contributed by atoms with E-state index in [0.717, 1.165) is 24.9 Å². The molecule has 0 aliphatic carbocycles. The fourth-order valence-corrected chi connectivity index (χ4v) is 69.4. The molecule has 83 heavy (non-hydrogen) atoms. The van der Waals surface area contributed by atoms with Gasteiger partial charge in [-0.15, -0.1) is 0 Å². The van der Waals surface area contributed by atoms with Gasteiger partial charge in [0.15, 0.2) is 16.6 Å². The van der Waals surface area contributed by atoms with Crippen molar-refractivity contribution in [3.8, 4) is 0 Å². The minimum atomic E-state index is -3.87. The number of hydrogen-bond acceptors (Lipinski definition) is 22. The van der Waals surface area contributed by atoms with Crippen molar-refractivity contribution in [2.75, 3.05) is 13.2 Å². The minimum absolute atomic E-state index is 0.0137. The summed E-state index contributed by atoms with van der Waals surface area (Å²) in [5.74, 6) is -1.06. The molecule has 482 valence electrons. The predicted octanol–water partition coefficient (Wildman–Crippen LogP) is 11.6. The van der Waals surface area contributed by atoms with E-state index in [1.807, 2.05) is 104 Å². The van der Waals surface area contributed by atoms with Crippen LogP contribution in [0.15, 0.2) is 0 Å². The van der Waals surface area contributed by atoms with Gasteiger partial charge in [-0.1, -0.05) is 103 Å². The first-order valence-electron chi connectivity index (χ1n) is 30.7. The monoisotopic (exact) mass is 1350 g/mol. The molecule has 8 heterocycles. The number of esters is 5. The zero-order valence-corrected chi connectivity index (χ0v) is 64.7. The summed E-state index contributed by atoms with van der Waals surface area (Å²) in [6, 6.07) is 4.93. The van der Waals surface area contributed by atoms with Crippen LogP contribution < -0.4 is 0 Å². The van der Waals surface area contributed by atoms with Crippen molar-refractivity contribution in [2.24, 2.45) is 35.0 Å². The van der Waals surface area contributed by atoms with Gasteiger partial charge < -0.3 is 72.4 Å². The highest BCUT2D eigenvalue weighted by molar-refractivity contribution is 7.03. The number of carbonyl (C=O) groups excluding carboxylic acids is 5. The maximum Gasteiger partial charge on any atom is 0.479 e. The van der Waals surface area contributed by atoms with E-state index in [4.69, 9.17) is 67.7 Å². The summed E-state index contributed by atoms with van der Waals surface area (Å²) < 4.78 is 113. The normalized spacial score (nSPS) is 35.8. The van der Waals surface area contributed by atoms with E-state index in [0.29, 0.717) is 67.7 Å². The van der Waals surface area contributed by atoms with Gasteiger partial charge in [-0.2, -0.15) is 0 Å². The molecule has 22 nitrogen and oxygen atoms in total. The Morgan fingerprint density at radius 3 is 1.12 bits per heavy atom. The largest absolute Gasteiger partial charge is 0.479 e. The van der Waals surface area contributed by atoms with Crippen LogP contribution in [-0.4, -0.2) is 136 Å². The smallest absolute Gasteiger partial charge is 0.465 e. The van der Waals surface area contributed by atoms with Crippen molar-refractivity contribution >= 4 is 117 Å². The fourth-order valence-electron chi connectivity index (χ4n) is 9.78. The van der Waals surface area contributed by atoms with Gasteiger partial charge in [0.2, 0.25) is 0 Å². The molecule has 8 fully saturated rings. The number of ether oxygens (including phenoxy) is 4. The van der Waals surface area contributed by atoms with E-state index in [-0.39, 0.29) is 59.8 Å². The molecule has 0 aromatic rings. The molecular weight excluding hydrogens is 1250 g/mol. The lowest BCUT2D eigenvalue weighted by Gasteiger charge is -2.63. The molecule has 4 atom stereocenters. The second kappa shape index (κ2) is 29.0. The van der Waals surface area contributed by atoms with Crippen LogP contribution in [0.2, 0.25) is 86.6 Å². The first kappa shape index (κ1) is 74.7. The number of rotatable bonds is 19. The van der Waals surface area contributed by atoms with Crippen molar-refractivity contribution in [2.45, 2.75) is 249 Å². The van der Waals surface area contributed by atoms with E-state index in [2.05, 4.69) is 44.8 Å². The van der Waals surface area contributed by atoms with Gasteiger partial charge in [0, 0.05) is 48.4 Å². The first-order valence-corrected chi connectivity index (χ1v) is 52.4. The van der Waals surface area contributed by atoms with Crippen molar-refractivity contribution in [1.82, 2.24) is 0 Å². The molecule has 0 amide bonds. The average molecular weight is 1350 g/mol. The van der Waals surface area contributed by atoms with E-state index >= 15 is 0 Å². The van der Waals surface area contributed by atoms with Crippen molar-refractivity contribution in [3.63, 3.8) is 0 Å². The maximum absolute atomic E-state index is 12.8. The van der Waals surface area contributed by atoms with Crippen LogP contribution in [0.1, 0.15) is 157 Å². The molecule has 8 bridgehead atoms. The van der Waals surface area contributed by atoms with Crippen LogP contribution in [0.4, 0.5) is 0 Å². The van der Waals surface area contributed by atoms with Gasteiger partial charge in [-0.3, -0.25) is 24.0 Å². The summed E-state index contributed by atoms with van der Waals surface area (Å²) in [5, 5.41) is 0. The summed E-state index contributed by atoms with van der Waals surface area (Å²) in [4.78, 5) is 57.2. The highest BCUT2D eigenvalue weighted by Crippen LogP contribution is 2.53. The quantitative estimate of drug-likeness (QED) is 0.0384. The molecule has 0 aromatic heterocycles. The molecule has 0 aromatic carbocycles. The topological polar surface area (TPSA) is 242 Å². The van der Waals surface area contributed by atoms with Gasteiger partial charge in [0.1, 0.15) is 5.60 Å². The Balaban J connectivity index is 0.000000314. The van der Waals surface area contributed by atoms with Crippen LogP contribution in [0.5, 0.6) is 0 Å². The average Bonchev–Trinajstić information content (AvgIpc) is 1.33. The molecule has 0 spiro atoms. The Morgan fingerprint density at radius 2 is 0.855 bits per heavy atom. The van der Waals surface area contributed by atoms with Gasteiger partial charge in [0.05, 0.1) is 42.3 Å². The second-order valence-corrected chi connectivity index (χ2v) is 60.5. The molecule has 32 heteroatoms. The van der Waals surface area contributed by atoms with Crippen molar-refractivity contribution in [3.05, 3.63) is 0 Å². The zero-order chi connectivity index (χ0) is 63.1. The summed E-state index contributed by atoms with van der Waals surface area (Å²) in [6.07, 6.45) is 2.98. The molecule has 0 radical (unpaired) electrons. The molecule has 8 aliphatic heterocycles. The molecule has 8 aliphatic rings. The molecular formula is C51H106O22Si10. The van der Waals surface area contributed by atoms with Crippen molar-refractivity contribution < 1.29 is 96.4 Å². The lowest BCUT2D eigenvalue weighted by atomic mass is 9.91. The third-order valence-corrected chi connectivity index (χ3v) is 60.0. The molecule has 0 saturated carbocycles. The summed E-state index contributed by atoms with van der Waals surface area (Å²) in [5.41, 5.74) is -0.931. The van der Waals surface area contributed by atoms with Crippen LogP contribution in [0.3, 0.4) is 0 Å². The van der Waals surface area contributed by atoms with Crippen LogP contribution in [-0.2, 0) is 96.4 Å². The zero-order valence-electron chi connectivity index (χ0n) is 54.7. The molecule has 0 N–H and O–H groups in total. The standard InChI is InChI=1S/C23H52O14Si8.C13H28O3Si2.C9H18O2.C6H8O3/c1-11-23(9,10)22(24)25-20-19-21-45-35-42(16-6)29-39(13-3)26-38(12-2)27-40(14-4,31-42)33-44(18-8,37-45)34-41(15-5,28-38)32-43(17-7,30-39)36-45;1-7-11(2)8-15-13(14)12-9-17(3,4)16-18(5,6)10-12;1-6-7(2)8(10)11-9(3,4)5;1-3-4(2)6(8)9-5(3)7/h11-21H2,1-10H3;11-12H,7-10H2,1-6H3;7H,6H2,1-5H3;3-4H,1-2H3. The second-order valence-electron chi connectivity index (χ2n) is 25.7. The van der Waals surface area contributed by atoms with Gasteiger partial charge in [-0.05, 0) is 98.1 Å². The number of carbonyl (C=O) groups is 5. The van der Waals surface area contributed by atoms with E-state index in [1.165, 1.54) is 0 Å². The predicted molar refractivity (Wildman–Crippen MR) is 331 cm³/mol. The fraction of sp³-hybridized carbons (Fsp3) is 0.902. The Labute approximate surface area is 508 Å². The summed E-state index contributed by atoms with van der Waals surface area (Å²) in [6.45, 7) is 46.2. The molecule has 8 rings (SSSR count). The molecule has 4 unspecified atom stereocenters. The van der Waals surface area contributed by atoms with Crippen molar-refractivity contribution in [1.29, 1.82) is 0 Å². The Kier molecular flexibility index (Phi) is 26.1. The number of cyclic esters (lactones) is 2. The third kappa shape index (κ3) is 19.1. The first-order chi connectivity index (χ1) is 38.2. The number of hydrogen-bond donors (Lipinski definition) is 0. The van der Waals surface area contributed by atoms with Crippen LogP contribution in [0.25, 0.3) is 0 Å². The lowest BCUT2D eigenvalue weighted by molar-refractivity contribution is -0.159. The Bertz CT molecular complexity index is 2070. The highest BCUT2D eigenvalue weighted by Gasteiger charge is 2.82. The van der Waals surface area contributed by atoms with E-state index in [9.17, 15) is 24.0 Å². The highest BCUT2D eigenvalue weighted by atomic mass is 28.6. The Morgan fingerprint density at radius 1 is 0.518 bits per heavy atom. The van der Waals surface area contributed by atoms with Gasteiger partial charge in [0.25, 0.3) is 0 Å². The minimum Gasteiger partial charge on any atom is -0.465 e. The summed E-state index contributed by atoms with van der Waals surface area (Å²) in [7, 11) is -33.0. The van der Waals surface area contributed by atoms with Gasteiger partial charge in [-0.25, -0.2) is 0 Å². The lowest BCUT2D eigenvalue weighted by Crippen LogP contribution is -2.88. The van der Waals surface area contributed by atoms with Gasteiger partial charge >= 0.3 is 100 Å². The maximum atomic E-state index is 12.8. The SMILES string of the molecule is CC1C(=O)OC(=O)C1C.CCC(C)(C)C(=O)OCCC[Si]12O[Si]3(CC)O[Si]4(CC)O[Si]5(CC)O[Si](CC)(O3)O[Si](CC)(O[Si](CC)(O5)O[Si](CC)(O4)O1)O2.CCC(C)C(=O)OC(C)(C)C.CCC(C)COC(=O)C1C[Si](C)(C)O[Si](C)(C)C1. The van der Waals surface area contributed by atoms with E-state index < -0.39 is 104 Å². The third-order valence-electron chi connectivity index (χ3n) is 15.7. The summed E-state index contributed by atoms with van der Waals surface area (Å²) >= 11 is 0.